The van der Waals surface area contributed by atoms with Crippen LogP contribution in [0.25, 0.3) is 44.2 Å². The van der Waals surface area contributed by atoms with Crippen LogP contribution in [0.3, 0.4) is 0 Å². The Labute approximate surface area is 385 Å². The molecule has 3 nitrogen and oxygen atoms in total. The average molecular weight is 847 g/mol. The van der Waals surface area contributed by atoms with Gasteiger partial charge in [-0.1, -0.05) is 129 Å². The minimum absolute atomic E-state index is 0.333. The predicted molar refractivity (Wildman–Crippen MR) is 276 cm³/mol. The average Bonchev–Trinajstić information content (AvgIpc) is 3.83. The zero-order chi connectivity index (χ0) is 45.4. The Morgan fingerprint density at radius 3 is 1.20 bits per heavy atom. The molecule has 0 N–H and O–H groups in total. The topological polar surface area (TPSA) is 19.6 Å². The SMILES string of the molecule is Cc1ccc(N(c2ccc3c(c2)C(C)(C)c2c4c(c5c(oc6ccccc65)c2-3)-c2ccc(N(c3ccc(C)cc3C)c3ccc(C)cc3C)cc2C4(C)C)c2ccc(C)cc2C)c(C)c1. The summed E-state index contributed by atoms with van der Waals surface area (Å²) in [6.07, 6.45) is 0. The van der Waals surface area contributed by atoms with Crippen LogP contribution in [0.1, 0.15) is 94.5 Å². The number of benzene rings is 8. The molecule has 0 saturated carbocycles. The highest BCUT2D eigenvalue weighted by Gasteiger charge is 2.49. The van der Waals surface area contributed by atoms with Gasteiger partial charge in [0.15, 0.2) is 0 Å². The highest BCUT2D eigenvalue weighted by molar-refractivity contribution is 6.21. The fraction of sp³-hybridized carbons (Fsp3) is 0.226. The molecular weight excluding hydrogens is 789 g/mol. The molecule has 3 heteroatoms. The molecule has 0 bridgehead atoms. The molecule has 0 fully saturated rings. The van der Waals surface area contributed by atoms with E-state index in [9.17, 15) is 0 Å². The summed E-state index contributed by atoms with van der Waals surface area (Å²) < 4.78 is 7.13. The third-order valence-electron chi connectivity index (χ3n) is 14.9. The Hall–Kier alpha value is -6.84. The summed E-state index contributed by atoms with van der Waals surface area (Å²) in [6, 6.07) is 50.4. The first kappa shape index (κ1) is 40.9. The van der Waals surface area contributed by atoms with E-state index in [0.717, 1.165) is 16.9 Å². The van der Waals surface area contributed by atoms with Gasteiger partial charge in [0, 0.05) is 61.3 Å². The van der Waals surface area contributed by atoms with E-state index in [2.05, 4.69) is 226 Å². The Bertz CT molecular complexity index is 3380. The van der Waals surface area contributed by atoms with Crippen molar-refractivity contribution in [2.45, 2.75) is 93.9 Å². The van der Waals surface area contributed by atoms with Crippen LogP contribution >= 0.6 is 0 Å². The summed E-state index contributed by atoms with van der Waals surface area (Å²) in [5.74, 6) is 0. The molecule has 0 spiro atoms. The zero-order valence-corrected chi connectivity index (χ0v) is 40.0. The van der Waals surface area contributed by atoms with Gasteiger partial charge in [-0.15, -0.1) is 0 Å². The summed E-state index contributed by atoms with van der Waals surface area (Å²) in [6.45, 7) is 27.5. The van der Waals surface area contributed by atoms with Crippen LogP contribution in [0, 0.1) is 55.4 Å². The lowest BCUT2D eigenvalue weighted by Gasteiger charge is -2.33. The van der Waals surface area contributed by atoms with E-state index in [0.29, 0.717) is 0 Å². The first-order valence-corrected chi connectivity index (χ1v) is 23.3. The number of fused-ring (bicyclic) bond motifs is 12. The van der Waals surface area contributed by atoms with Crippen molar-refractivity contribution >= 4 is 56.1 Å². The van der Waals surface area contributed by atoms with Gasteiger partial charge in [-0.05, 0) is 171 Å². The van der Waals surface area contributed by atoms with Gasteiger partial charge in [0.1, 0.15) is 11.2 Å². The third kappa shape index (κ3) is 6.01. The second kappa shape index (κ2) is 14.3. The van der Waals surface area contributed by atoms with E-state index in [1.165, 1.54) is 128 Å². The minimum atomic E-state index is -0.347. The number of para-hydroxylation sites is 1. The van der Waals surface area contributed by atoms with Crippen LogP contribution in [0.4, 0.5) is 34.1 Å². The Morgan fingerprint density at radius 1 is 0.400 bits per heavy atom. The van der Waals surface area contributed by atoms with E-state index >= 15 is 0 Å². The van der Waals surface area contributed by atoms with Gasteiger partial charge in [-0.25, -0.2) is 0 Å². The van der Waals surface area contributed by atoms with Crippen molar-refractivity contribution in [2.75, 3.05) is 9.80 Å². The van der Waals surface area contributed by atoms with Crippen molar-refractivity contribution in [1.82, 2.24) is 0 Å². The molecule has 9 aromatic rings. The summed E-state index contributed by atoms with van der Waals surface area (Å²) in [5, 5.41) is 2.38. The van der Waals surface area contributed by atoms with Gasteiger partial charge in [0.05, 0.1) is 0 Å². The molecule has 65 heavy (non-hydrogen) atoms. The number of aryl methyl sites for hydroxylation is 8. The lowest BCUT2D eigenvalue weighted by molar-refractivity contribution is 0.600. The number of hydrogen-bond acceptors (Lipinski definition) is 3. The molecule has 0 saturated heterocycles. The summed E-state index contributed by atoms with van der Waals surface area (Å²) in [5.41, 5.74) is 28.9. The molecule has 0 atom stereocenters. The van der Waals surface area contributed by atoms with Gasteiger partial charge in [0.2, 0.25) is 0 Å². The van der Waals surface area contributed by atoms with E-state index < -0.39 is 0 Å². The van der Waals surface area contributed by atoms with E-state index in [-0.39, 0.29) is 10.8 Å². The van der Waals surface area contributed by atoms with Crippen LogP contribution in [0.5, 0.6) is 0 Å². The molecule has 11 rings (SSSR count). The maximum atomic E-state index is 7.13. The molecule has 8 aromatic carbocycles. The molecule has 0 aliphatic heterocycles. The van der Waals surface area contributed by atoms with Crippen molar-refractivity contribution in [1.29, 1.82) is 0 Å². The molecule has 0 radical (unpaired) electrons. The molecule has 0 amide bonds. The smallest absolute Gasteiger partial charge is 0.144 e. The summed E-state index contributed by atoms with van der Waals surface area (Å²) >= 11 is 0. The van der Waals surface area contributed by atoms with Crippen LogP contribution in [-0.2, 0) is 10.8 Å². The molecule has 322 valence electrons. The van der Waals surface area contributed by atoms with Crippen molar-refractivity contribution in [3.8, 4) is 22.3 Å². The van der Waals surface area contributed by atoms with Crippen LogP contribution in [-0.4, -0.2) is 0 Å². The van der Waals surface area contributed by atoms with Gasteiger partial charge in [-0.2, -0.15) is 0 Å². The predicted octanol–water partition coefficient (Wildman–Crippen LogP) is 17.6. The van der Waals surface area contributed by atoms with Gasteiger partial charge in [-0.3, -0.25) is 0 Å². The van der Waals surface area contributed by atoms with Crippen molar-refractivity contribution in [3.05, 3.63) is 200 Å². The van der Waals surface area contributed by atoms with E-state index in [1.54, 1.807) is 0 Å². The van der Waals surface area contributed by atoms with Gasteiger partial charge < -0.3 is 14.2 Å². The van der Waals surface area contributed by atoms with Crippen molar-refractivity contribution in [3.63, 3.8) is 0 Å². The number of nitrogens with zero attached hydrogens (tertiary/aromatic N) is 2. The summed E-state index contributed by atoms with van der Waals surface area (Å²) in [7, 11) is 0. The lowest BCUT2D eigenvalue weighted by atomic mass is 9.72. The standard InChI is InChI=1S/C62H58N2O/c1-35-17-25-50(39(5)29-35)63(51-26-18-36(2)30-40(51)6)43-21-23-45-48(33-43)61(9,10)58-55(45)56-47-15-13-14-16-54(47)65-60(56)57-46-24-22-44(34-49(46)62(11,12)59(57)58)64(52-27-19-37(3)31-41(52)7)53-28-20-38(4)32-42(53)8/h13-34H,1-12H3. The highest BCUT2D eigenvalue weighted by Crippen LogP contribution is 2.64. The normalized spacial score (nSPS) is 14.1. The highest BCUT2D eigenvalue weighted by atomic mass is 16.3. The molecule has 1 heterocycles. The first-order chi connectivity index (χ1) is 31.0. The van der Waals surface area contributed by atoms with Crippen LogP contribution < -0.4 is 9.80 Å². The Morgan fingerprint density at radius 2 is 0.785 bits per heavy atom. The molecule has 1 aromatic heterocycles. The van der Waals surface area contributed by atoms with Crippen LogP contribution in [0.15, 0.2) is 138 Å². The lowest BCUT2D eigenvalue weighted by Crippen LogP contribution is -2.24. The van der Waals surface area contributed by atoms with E-state index in [1.807, 2.05) is 0 Å². The monoisotopic (exact) mass is 846 g/mol. The number of rotatable bonds is 6. The number of hydrogen-bond donors (Lipinski definition) is 0. The molecule has 0 unspecified atom stereocenters. The van der Waals surface area contributed by atoms with Gasteiger partial charge in [0.25, 0.3) is 0 Å². The van der Waals surface area contributed by atoms with Crippen molar-refractivity contribution in [2.24, 2.45) is 0 Å². The van der Waals surface area contributed by atoms with Crippen molar-refractivity contribution < 1.29 is 4.42 Å². The molecular formula is C62H58N2O. The van der Waals surface area contributed by atoms with Gasteiger partial charge >= 0.3 is 0 Å². The first-order valence-electron chi connectivity index (χ1n) is 23.3. The number of anilines is 6. The number of furan rings is 1. The van der Waals surface area contributed by atoms with E-state index in [4.69, 9.17) is 4.42 Å². The quantitative estimate of drug-likeness (QED) is 0.166. The van der Waals surface area contributed by atoms with Crippen LogP contribution in [0.2, 0.25) is 0 Å². The second-order valence-corrected chi connectivity index (χ2v) is 20.3. The Kier molecular flexibility index (Phi) is 9.02. The second-order valence-electron chi connectivity index (χ2n) is 20.3. The summed E-state index contributed by atoms with van der Waals surface area (Å²) in [4.78, 5) is 4.96. The molecule has 2 aliphatic carbocycles. The fourth-order valence-electron chi connectivity index (χ4n) is 11.9. The Balaban J connectivity index is 1.16. The minimum Gasteiger partial charge on any atom is -0.455 e. The largest absolute Gasteiger partial charge is 0.455 e. The maximum Gasteiger partial charge on any atom is 0.144 e. The fourth-order valence-corrected chi connectivity index (χ4v) is 11.9. The third-order valence-corrected chi connectivity index (χ3v) is 14.9. The molecule has 2 aliphatic rings. The zero-order valence-electron chi connectivity index (χ0n) is 40.0. The maximum absolute atomic E-state index is 7.13.